The number of H-pyrrole nitrogens is 1. The van der Waals surface area contributed by atoms with E-state index < -0.39 is 76.7 Å². The molecular formula is C21H23N9O12P2. The SMILES string of the molecule is Nc1ncnc2c1ncn2C1O[C@@H]2COP(=O)(O)OC3=C(n4cnc5c(=O)[nH]cnc54)C[C@H](COP(=O)(O)OC2C1O)C3O. The fourth-order valence-electron chi connectivity index (χ4n) is 5.33. The van der Waals surface area contributed by atoms with Gasteiger partial charge in [0.1, 0.15) is 42.6 Å². The highest BCUT2D eigenvalue weighted by molar-refractivity contribution is 7.47. The minimum atomic E-state index is -5.06. The summed E-state index contributed by atoms with van der Waals surface area (Å²) in [5, 5.41) is 22.2. The number of nitrogens with one attached hydrogen (secondary N) is 1. The zero-order valence-corrected chi connectivity index (χ0v) is 23.8. The molecular weight excluding hydrogens is 632 g/mol. The van der Waals surface area contributed by atoms with E-state index in [0.717, 1.165) is 12.7 Å². The molecule has 21 nitrogen and oxygen atoms in total. The van der Waals surface area contributed by atoms with E-state index in [1.807, 2.05) is 0 Å². The summed E-state index contributed by atoms with van der Waals surface area (Å²) >= 11 is 0. The Bertz CT molecular complexity index is 1960. The number of aliphatic hydroxyl groups is 2. The molecule has 0 aromatic carbocycles. The van der Waals surface area contributed by atoms with E-state index >= 15 is 0 Å². The van der Waals surface area contributed by atoms with Gasteiger partial charge in [-0.1, -0.05) is 0 Å². The number of nitrogens with two attached hydrogens (primary N) is 1. The molecule has 234 valence electrons. The third-order valence-corrected chi connectivity index (χ3v) is 9.27. The van der Waals surface area contributed by atoms with Crippen molar-refractivity contribution in [1.82, 2.24) is 39.0 Å². The fraction of sp³-hybridized carbons (Fsp3) is 0.429. The molecule has 2 fully saturated rings. The van der Waals surface area contributed by atoms with Crippen LogP contribution >= 0.6 is 15.6 Å². The smallest absolute Gasteiger partial charge is 0.404 e. The molecule has 6 unspecified atom stereocenters. The second kappa shape index (κ2) is 10.5. The average molecular weight is 655 g/mol. The number of aliphatic hydroxyl groups excluding tert-OH is 2. The van der Waals surface area contributed by atoms with Crippen molar-refractivity contribution in [3.05, 3.63) is 41.4 Å². The van der Waals surface area contributed by atoms with Crippen LogP contribution < -0.4 is 11.3 Å². The van der Waals surface area contributed by atoms with Crippen molar-refractivity contribution >= 4 is 49.5 Å². The largest absolute Gasteiger partial charge is 0.527 e. The number of phosphoric ester groups is 2. The van der Waals surface area contributed by atoms with Crippen LogP contribution in [0, 0.1) is 5.92 Å². The summed E-state index contributed by atoms with van der Waals surface area (Å²) in [7, 11) is -10.0. The van der Waals surface area contributed by atoms with Gasteiger partial charge in [-0.2, -0.15) is 0 Å². The van der Waals surface area contributed by atoms with E-state index in [4.69, 9.17) is 28.6 Å². The van der Waals surface area contributed by atoms with Gasteiger partial charge in [0.15, 0.2) is 34.6 Å². The van der Waals surface area contributed by atoms with Crippen molar-refractivity contribution in [1.29, 1.82) is 0 Å². The van der Waals surface area contributed by atoms with Crippen LogP contribution in [0.25, 0.3) is 28.0 Å². The Kier molecular flexibility index (Phi) is 6.94. The summed E-state index contributed by atoms with van der Waals surface area (Å²) in [4.78, 5) is 56.0. The Labute approximate surface area is 244 Å². The second-order valence-corrected chi connectivity index (χ2v) is 12.9. The molecule has 3 aliphatic rings. The molecule has 6 heterocycles. The molecule has 2 bridgehead atoms. The molecule has 2 aliphatic heterocycles. The van der Waals surface area contributed by atoms with Crippen LogP contribution in [-0.4, -0.2) is 96.7 Å². The standard InChI is InChI=1S/C21H23N9O12P2/c22-17-11-18(24-4-23-17)30(7-27-11)21-14(32)16-10(40-21)3-39-44(36,37)41-15-9(1-8(13(15)31)2-38-43(34,35)42-16)29-6-28-12-19(29)25-5-26-20(12)33/h4-8,10,13-14,16,21,31-32H,1-3H2,(H,34,35)(H,36,37)(H2,22,23,24)(H,25,26,33)/t8-,10-,13?,14?,16?,21?/m1/s1. The van der Waals surface area contributed by atoms with Crippen molar-refractivity contribution in [2.75, 3.05) is 18.9 Å². The number of fused-ring (bicyclic) bond motifs is 5. The van der Waals surface area contributed by atoms with Gasteiger partial charge < -0.3 is 35.1 Å². The van der Waals surface area contributed by atoms with Gasteiger partial charge in [-0.15, -0.1) is 0 Å². The second-order valence-electron chi connectivity index (χ2n) is 10.1. The van der Waals surface area contributed by atoms with Crippen molar-refractivity contribution in [2.45, 2.75) is 37.1 Å². The average Bonchev–Trinajstić information content (AvgIpc) is 3.73. The predicted octanol–water partition coefficient (Wildman–Crippen LogP) is -1.00. The number of rotatable bonds is 2. The minimum absolute atomic E-state index is 0.0471. The number of aromatic amines is 1. The van der Waals surface area contributed by atoms with Crippen molar-refractivity contribution in [2.24, 2.45) is 5.92 Å². The predicted molar refractivity (Wildman–Crippen MR) is 143 cm³/mol. The van der Waals surface area contributed by atoms with Crippen molar-refractivity contribution < 1.29 is 52.0 Å². The molecule has 2 saturated heterocycles. The quantitative estimate of drug-likeness (QED) is 0.141. The van der Waals surface area contributed by atoms with Crippen molar-refractivity contribution in [3.8, 4) is 0 Å². The number of hydrogen-bond donors (Lipinski definition) is 6. The summed E-state index contributed by atoms with van der Waals surface area (Å²) < 4.78 is 55.6. The van der Waals surface area contributed by atoms with Crippen LogP contribution in [0.1, 0.15) is 12.6 Å². The summed E-state index contributed by atoms with van der Waals surface area (Å²) in [5.74, 6) is -1.41. The van der Waals surface area contributed by atoms with Crippen LogP contribution in [0.3, 0.4) is 0 Å². The lowest BCUT2D eigenvalue weighted by Crippen LogP contribution is -2.36. The van der Waals surface area contributed by atoms with E-state index in [1.165, 1.54) is 21.8 Å². The highest BCUT2D eigenvalue weighted by atomic mass is 31.2. The Hall–Kier alpha value is -3.62. The number of ether oxygens (including phenoxy) is 1. The third-order valence-electron chi connectivity index (χ3n) is 7.38. The van der Waals surface area contributed by atoms with E-state index in [-0.39, 0.29) is 40.3 Å². The minimum Gasteiger partial charge on any atom is -0.404 e. The molecule has 7 rings (SSSR count). The monoisotopic (exact) mass is 655 g/mol. The molecule has 0 spiro atoms. The van der Waals surface area contributed by atoms with Gasteiger partial charge in [-0.05, 0) is 6.42 Å². The molecule has 0 radical (unpaired) electrons. The molecule has 0 saturated carbocycles. The fourth-order valence-corrected chi connectivity index (χ4v) is 7.18. The van der Waals surface area contributed by atoms with E-state index in [9.17, 15) is 33.9 Å². The van der Waals surface area contributed by atoms with Crippen LogP contribution in [0.15, 0.2) is 35.9 Å². The van der Waals surface area contributed by atoms with Crippen LogP contribution in [0.2, 0.25) is 0 Å². The topological polar surface area (TPSA) is 294 Å². The third kappa shape index (κ3) is 4.92. The Morgan fingerprint density at radius 2 is 1.75 bits per heavy atom. The van der Waals surface area contributed by atoms with Gasteiger partial charge in [0.25, 0.3) is 5.56 Å². The summed E-state index contributed by atoms with van der Waals surface area (Å²) in [5.41, 5.74) is 5.68. The Balaban J connectivity index is 1.23. The Morgan fingerprint density at radius 1 is 0.977 bits per heavy atom. The summed E-state index contributed by atoms with van der Waals surface area (Å²) in [6.07, 6.45) is -3.14. The number of allylic oxidation sites excluding steroid dienone is 1. The molecule has 44 heavy (non-hydrogen) atoms. The zero-order valence-electron chi connectivity index (χ0n) is 22.1. The molecule has 23 heteroatoms. The highest BCUT2D eigenvalue weighted by Gasteiger charge is 2.51. The lowest BCUT2D eigenvalue weighted by atomic mass is 10.1. The first-order chi connectivity index (χ1) is 20.9. The first-order valence-electron chi connectivity index (χ1n) is 12.8. The lowest BCUT2D eigenvalue weighted by Gasteiger charge is -2.24. The van der Waals surface area contributed by atoms with Gasteiger partial charge in [0, 0.05) is 5.92 Å². The maximum Gasteiger partial charge on any atom is 0.527 e. The van der Waals surface area contributed by atoms with E-state index in [1.54, 1.807) is 0 Å². The molecule has 7 N–H and O–H groups in total. The van der Waals surface area contributed by atoms with Gasteiger partial charge >= 0.3 is 15.6 Å². The molecule has 1 aliphatic carbocycles. The first-order valence-corrected chi connectivity index (χ1v) is 15.8. The van der Waals surface area contributed by atoms with Gasteiger partial charge in [0.05, 0.1) is 31.6 Å². The van der Waals surface area contributed by atoms with Crippen molar-refractivity contribution in [3.63, 3.8) is 0 Å². The number of hydrogen-bond acceptors (Lipinski definition) is 16. The Morgan fingerprint density at radius 3 is 2.57 bits per heavy atom. The van der Waals surface area contributed by atoms with Crippen LogP contribution in [-0.2, 0) is 32.0 Å². The molecule has 4 aromatic rings. The molecule has 0 amide bonds. The number of phosphoric acid groups is 2. The molecule has 4 aromatic heterocycles. The molecule has 8 atom stereocenters. The summed E-state index contributed by atoms with van der Waals surface area (Å²) in [6.45, 7) is -1.41. The number of nitrogen functional groups attached to an aromatic ring is 1. The first kappa shape index (κ1) is 29.1. The van der Waals surface area contributed by atoms with E-state index in [2.05, 4.69) is 29.9 Å². The van der Waals surface area contributed by atoms with Gasteiger partial charge in [-0.25, -0.2) is 34.0 Å². The lowest BCUT2D eigenvalue weighted by molar-refractivity contribution is -0.0508. The summed E-state index contributed by atoms with van der Waals surface area (Å²) in [6, 6.07) is 0. The zero-order chi connectivity index (χ0) is 31.0. The number of anilines is 1. The number of imidazole rings is 2. The van der Waals surface area contributed by atoms with E-state index in [0.29, 0.717) is 0 Å². The normalized spacial score (nSPS) is 34.8. The van der Waals surface area contributed by atoms with Crippen LogP contribution in [0.4, 0.5) is 5.82 Å². The maximum atomic E-state index is 13.2. The van der Waals surface area contributed by atoms with Crippen LogP contribution in [0.5, 0.6) is 0 Å². The number of aromatic nitrogens is 8. The maximum absolute atomic E-state index is 13.2. The van der Waals surface area contributed by atoms with Gasteiger partial charge in [-0.3, -0.25) is 32.4 Å². The van der Waals surface area contributed by atoms with Gasteiger partial charge in [0.2, 0.25) is 0 Å². The number of nitrogens with zero attached hydrogens (tertiary/aromatic N) is 7. The highest BCUT2D eigenvalue weighted by Crippen LogP contribution is 2.54.